The SMILES string of the molecule is O=C(O)C(F)(F)S(=O)(=O)OCC12CC3CC(CC(C3)C1)C2. The highest BCUT2D eigenvalue weighted by molar-refractivity contribution is 7.88. The summed E-state index contributed by atoms with van der Waals surface area (Å²) in [5, 5.41) is 3.43. The summed E-state index contributed by atoms with van der Waals surface area (Å²) in [4.78, 5) is 10.4. The molecule has 120 valence electrons. The van der Waals surface area contributed by atoms with Gasteiger partial charge in [-0.05, 0) is 61.7 Å². The fourth-order valence-corrected chi connectivity index (χ4v) is 5.62. The molecule has 5 nitrogen and oxygen atoms in total. The molecular formula is C13H18F2O5S. The van der Waals surface area contributed by atoms with Gasteiger partial charge < -0.3 is 5.11 Å². The normalized spacial score (nSPS) is 38.7. The van der Waals surface area contributed by atoms with Gasteiger partial charge in [-0.15, -0.1) is 0 Å². The third-order valence-electron chi connectivity index (χ3n) is 5.25. The van der Waals surface area contributed by atoms with Crippen LogP contribution in [0.2, 0.25) is 0 Å². The number of halogens is 2. The minimum Gasteiger partial charge on any atom is -0.476 e. The molecule has 4 aliphatic carbocycles. The molecule has 4 bridgehead atoms. The molecule has 4 aliphatic rings. The summed E-state index contributed by atoms with van der Waals surface area (Å²) < 4.78 is 53.7. The molecule has 0 aromatic carbocycles. The summed E-state index contributed by atoms with van der Waals surface area (Å²) in [6, 6.07) is 0. The van der Waals surface area contributed by atoms with Crippen LogP contribution in [0.4, 0.5) is 8.78 Å². The van der Waals surface area contributed by atoms with Gasteiger partial charge in [-0.25, -0.2) is 4.79 Å². The predicted molar refractivity (Wildman–Crippen MR) is 68.1 cm³/mol. The molecule has 0 spiro atoms. The Morgan fingerprint density at radius 3 is 1.95 bits per heavy atom. The molecule has 1 N–H and O–H groups in total. The number of hydrogen-bond donors (Lipinski definition) is 1. The Bertz CT molecular complexity index is 522. The molecule has 0 aromatic heterocycles. The smallest absolute Gasteiger partial charge is 0.465 e. The van der Waals surface area contributed by atoms with Crippen molar-refractivity contribution < 1.29 is 31.3 Å². The summed E-state index contributed by atoms with van der Waals surface area (Å²) >= 11 is 0. The van der Waals surface area contributed by atoms with E-state index in [0.717, 1.165) is 38.5 Å². The second-order valence-corrected chi connectivity index (χ2v) is 8.61. The van der Waals surface area contributed by atoms with E-state index in [1.807, 2.05) is 0 Å². The minimum atomic E-state index is -5.44. The fraction of sp³-hybridized carbons (Fsp3) is 0.923. The Morgan fingerprint density at radius 2 is 1.57 bits per heavy atom. The first-order chi connectivity index (χ1) is 9.64. The number of hydrogen-bond acceptors (Lipinski definition) is 4. The molecule has 0 amide bonds. The molecule has 0 heterocycles. The van der Waals surface area contributed by atoms with Crippen molar-refractivity contribution in [1.29, 1.82) is 0 Å². The Labute approximate surface area is 121 Å². The second kappa shape index (κ2) is 4.62. The van der Waals surface area contributed by atoms with Crippen LogP contribution in [0.5, 0.6) is 0 Å². The Morgan fingerprint density at radius 1 is 1.14 bits per heavy atom. The first-order valence-electron chi connectivity index (χ1n) is 7.14. The second-order valence-electron chi connectivity index (χ2n) is 6.96. The van der Waals surface area contributed by atoms with E-state index in [1.165, 1.54) is 0 Å². The van der Waals surface area contributed by atoms with Gasteiger partial charge in [0.05, 0.1) is 6.61 Å². The van der Waals surface area contributed by atoms with Gasteiger partial charge in [0.25, 0.3) is 0 Å². The van der Waals surface area contributed by atoms with Crippen LogP contribution < -0.4 is 0 Å². The zero-order valence-corrected chi connectivity index (χ0v) is 12.2. The van der Waals surface area contributed by atoms with Crippen molar-refractivity contribution in [2.24, 2.45) is 23.2 Å². The molecular weight excluding hydrogens is 306 g/mol. The van der Waals surface area contributed by atoms with E-state index in [0.29, 0.717) is 17.8 Å². The standard InChI is InChI=1S/C13H18F2O5S/c14-13(15,11(16)17)21(18,19)20-7-12-4-8-1-9(5-12)3-10(2-8)6-12/h8-10H,1-7H2,(H,16,17). The zero-order chi connectivity index (χ0) is 15.5. The third kappa shape index (κ3) is 2.46. The summed E-state index contributed by atoms with van der Waals surface area (Å²) in [6.45, 7) is -0.318. The molecule has 4 saturated carbocycles. The van der Waals surface area contributed by atoms with E-state index in [-0.39, 0.29) is 12.0 Å². The maximum atomic E-state index is 13.2. The number of carboxylic acid groups (broad SMARTS) is 1. The van der Waals surface area contributed by atoms with Crippen LogP contribution in [0.15, 0.2) is 0 Å². The van der Waals surface area contributed by atoms with Crippen molar-refractivity contribution in [2.45, 2.75) is 43.8 Å². The summed E-state index contributed by atoms with van der Waals surface area (Å²) in [7, 11) is -5.44. The maximum Gasteiger partial charge on any atom is 0.465 e. The fourth-order valence-electron chi connectivity index (χ4n) is 4.85. The number of rotatable bonds is 5. The van der Waals surface area contributed by atoms with Crippen LogP contribution in [0, 0.1) is 23.2 Å². The van der Waals surface area contributed by atoms with Gasteiger partial charge in [-0.2, -0.15) is 17.2 Å². The number of aliphatic carboxylic acids is 1. The largest absolute Gasteiger partial charge is 0.476 e. The first-order valence-corrected chi connectivity index (χ1v) is 8.55. The summed E-state index contributed by atoms with van der Waals surface area (Å²) in [6.07, 6.45) is 5.80. The number of carbonyl (C=O) groups is 1. The van der Waals surface area contributed by atoms with Crippen LogP contribution in [0.1, 0.15) is 38.5 Å². The van der Waals surface area contributed by atoms with Crippen molar-refractivity contribution in [2.75, 3.05) is 6.61 Å². The Kier molecular flexibility index (Phi) is 3.33. The topological polar surface area (TPSA) is 80.7 Å². The molecule has 0 radical (unpaired) electrons. The van der Waals surface area contributed by atoms with E-state index in [1.54, 1.807) is 0 Å². The molecule has 0 atom stereocenters. The van der Waals surface area contributed by atoms with Gasteiger partial charge in [0, 0.05) is 0 Å². The van der Waals surface area contributed by atoms with Gasteiger partial charge in [0.1, 0.15) is 0 Å². The molecule has 21 heavy (non-hydrogen) atoms. The highest BCUT2D eigenvalue weighted by Gasteiger charge is 2.57. The average Bonchev–Trinajstić information content (AvgIpc) is 2.34. The molecule has 0 saturated heterocycles. The van der Waals surface area contributed by atoms with Gasteiger partial charge in [-0.1, -0.05) is 0 Å². The van der Waals surface area contributed by atoms with E-state index < -0.39 is 21.3 Å². The van der Waals surface area contributed by atoms with Crippen LogP contribution in [-0.2, 0) is 19.1 Å². The highest BCUT2D eigenvalue weighted by atomic mass is 32.2. The van der Waals surface area contributed by atoms with Crippen molar-refractivity contribution in [3.8, 4) is 0 Å². The van der Waals surface area contributed by atoms with Crippen molar-refractivity contribution in [3.63, 3.8) is 0 Å². The van der Waals surface area contributed by atoms with Crippen molar-refractivity contribution in [3.05, 3.63) is 0 Å². The van der Waals surface area contributed by atoms with Crippen LogP contribution in [-0.4, -0.2) is 31.4 Å². The van der Waals surface area contributed by atoms with Gasteiger partial charge >= 0.3 is 21.3 Å². The molecule has 4 fully saturated rings. The van der Waals surface area contributed by atoms with Gasteiger partial charge in [-0.3, -0.25) is 4.18 Å². The maximum absolute atomic E-state index is 13.2. The zero-order valence-electron chi connectivity index (χ0n) is 11.4. The van der Waals surface area contributed by atoms with E-state index >= 15 is 0 Å². The van der Waals surface area contributed by atoms with Crippen molar-refractivity contribution in [1.82, 2.24) is 0 Å². The lowest BCUT2D eigenvalue weighted by atomic mass is 9.50. The third-order valence-corrected chi connectivity index (χ3v) is 6.48. The van der Waals surface area contributed by atoms with E-state index in [9.17, 15) is 22.0 Å². The summed E-state index contributed by atoms with van der Waals surface area (Å²) in [5.74, 6) is -1.11. The summed E-state index contributed by atoms with van der Waals surface area (Å²) in [5.41, 5.74) is -0.365. The first kappa shape index (κ1) is 15.1. The molecule has 0 aromatic rings. The molecule has 0 unspecified atom stereocenters. The lowest BCUT2D eigenvalue weighted by Gasteiger charge is -2.56. The van der Waals surface area contributed by atoms with E-state index in [2.05, 4.69) is 4.18 Å². The van der Waals surface area contributed by atoms with E-state index in [4.69, 9.17) is 5.11 Å². The van der Waals surface area contributed by atoms with Crippen molar-refractivity contribution >= 4 is 16.1 Å². The Balaban J connectivity index is 1.72. The number of alkyl halides is 2. The lowest BCUT2D eigenvalue weighted by molar-refractivity contribution is -0.154. The Hall–Kier alpha value is -0.760. The van der Waals surface area contributed by atoms with Gasteiger partial charge in [0.15, 0.2) is 0 Å². The quantitative estimate of drug-likeness (QED) is 0.784. The number of carboxylic acids is 1. The van der Waals surface area contributed by atoms with Crippen LogP contribution in [0.3, 0.4) is 0 Å². The highest BCUT2D eigenvalue weighted by Crippen LogP contribution is 2.60. The molecule has 8 heteroatoms. The van der Waals surface area contributed by atoms with Crippen LogP contribution in [0.25, 0.3) is 0 Å². The van der Waals surface area contributed by atoms with Gasteiger partial charge in [0.2, 0.25) is 0 Å². The molecule has 0 aliphatic heterocycles. The van der Waals surface area contributed by atoms with Crippen LogP contribution >= 0.6 is 0 Å². The average molecular weight is 324 g/mol. The minimum absolute atomic E-state index is 0.318. The predicted octanol–water partition coefficient (Wildman–Crippen LogP) is 2.23. The molecule has 4 rings (SSSR count). The lowest BCUT2D eigenvalue weighted by Crippen LogP contribution is -2.49. The monoisotopic (exact) mass is 324 g/mol.